The normalized spacial score (nSPS) is 23.2. The third kappa shape index (κ3) is 3.80. The first-order valence-electron chi connectivity index (χ1n) is 9.23. The molecule has 5 nitrogen and oxygen atoms in total. The zero-order valence-electron chi connectivity index (χ0n) is 16.3. The van der Waals surface area contributed by atoms with Crippen LogP contribution in [0.15, 0.2) is 18.2 Å². The Morgan fingerprint density at radius 2 is 1.77 bits per heavy atom. The summed E-state index contributed by atoms with van der Waals surface area (Å²) in [7, 11) is 1.26. The highest BCUT2D eigenvalue weighted by molar-refractivity contribution is 6.62. The van der Waals surface area contributed by atoms with Crippen LogP contribution in [0, 0.1) is 5.82 Å². The number of nitrogens with one attached hydrogen (secondary N) is 1. The molecule has 1 N–H and O–H groups in total. The maximum atomic E-state index is 14.4. The average Bonchev–Trinajstić information content (AvgIpc) is 2.77. The van der Waals surface area contributed by atoms with Gasteiger partial charge in [-0.05, 0) is 78.9 Å². The Morgan fingerprint density at radius 3 is 2.35 bits per heavy atom. The molecule has 0 bridgehead atoms. The van der Waals surface area contributed by atoms with Crippen LogP contribution in [0.2, 0.25) is 0 Å². The predicted octanol–water partition coefficient (Wildman–Crippen LogP) is 1.95. The average molecular weight is 362 g/mol. The number of benzene rings is 1. The maximum absolute atomic E-state index is 14.4. The van der Waals surface area contributed by atoms with E-state index in [1.807, 2.05) is 27.7 Å². The van der Waals surface area contributed by atoms with Gasteiger partial charge in [0.1, 0.15) is 5.82 Å². The van der Waals surface area contributed by atoms with Gasteiger partial charge in [0.15, 0.2) is 0 Å². The molecule has 0 spiro atoms. The van der Waals surface area contributed by atoms with E-state index in [1.165, 1.54) is 12.1 Å². The van der Waals surface area contributed by atoms with Crippen LogP contribution in [0.3, 0.4) is 0 Å². The third-order valence-corrected chi connectivity index (χ3v) is 5.82. The second-order valence-corrected chi connectivity index (χ2v) is 8.38. The lowest BCUT2D eigenvalue weighted by molar-refractivity contribution is 0.00578. The van der Waals surface area contributed by atoms with Gasteiger partial charge in [-0.15, -0.1) is 0 Å². The van der Waals surface area contributed by atoms with E-state index in [2.05, 4.69) is 17.3 Å². The van der Waals surface area contributed by atoms with Gasteiger partial charge in [-0.1, -0.05) is 0 Å². The smallest absolute Gasteiger partial charge is 0.399 e. The molecule has 2 saturated heterocycles. The van der Waals surface area contributed by atoms with Crippen LogP contribution in [-0.4, -0.2) is 55.3 Å². The van der Waals surface area contributed by atoms with Crippen LogP contribution in [0.1, 0.15) is 50.9 Å². The molecule has 0 unspecified atom stereocenters. The summed E-state index contributed by atoms with van der Waals surface area (Å²) in [5.74, 6) is -0.614. The highest BCUT2D eigenvalue weighted by Crippen LogP contribution is 2.36. The summed E-state index contributed by atoms with van der Waals surface area (Å²) >= 11 is 0. The van der Waals surface area contributed by atoms with Crippen molar-refractivity contribution in [2.45, 2.75) is 57.8 Å². The van der Waals surface area contributed by atoms with Gasteiger partial charge in [0.05, 0.1) is 11.2 Å². The molecule has 3 rings (SSSR count). The minimum absolute atomic E-state index is 0.157. The van der Waals surface area contributed by atoms with Crippen molar-refractivity contribution in [2.75, 3.05) is 20.1 Å². The molecule has 0 aromatic heterocycles. The molecule has 2 aliphatic heterocycles. The molecule has 1 aromatic rings. The monoisotopic (exact) mass is 362 g/mol. The topological polar surface area (TPSA) is 50.8 Å². The van der Waals surface area contributed by atoms with Crippen molar-refractivity contribution in [3.8, 4) is 0 Å². The fourth-order valence-corrected chi connectivity index (χ4v) is 3.26. The SMILES string of the molecule is CN1CCC(NC(=O)c2ccc(F)c(B3OC(C)(C)C(C)(C)O3)c2)CC1. The Hall–Kier alpha value is -1.44. The first-order chi connectivity index (χ1) is 12.1. The van der Waals surface area contributed by atoms with Crippen LogP contribution in [-0.2, 0) is 9.31 Å². The summed E-state index contributed by atoms with van der Waals surface area (Å²) in [6.45, 7) is 9.60. The molecule has 1 aromatic carbocycles. The summed E-state index contributed by atoms with van der Waals surface area (Å²) in [5.41, 5.74) is -0.429. The Bertz CT molecular complexity index is 671. The van der Waals surface area contributed by atoms with E-state index in [1.54, 1.807) is 6.07 Å². The molecule has 1 amide bonds. The van der Waals surface area contributed by atoms with Gasteiger partial charge in [-0.25, -0.2) is 4.39 Å². The van der Waals surface area contributed by atoms with E-state index >= 15 is 0 Å². The Labute approximate surface area is 155 Å². The molecule has 2 heterocycles. The standard InChI is InChI=1S/C19H28BFN2O3/c1-18(2)19(3,4)26-20(25-18)15-12-13(6-7-16(15)21)17(24)22-14-8-10-23(5)11-9-14/h6-7,12,14H,8-11H2,1-5H3,(H,22,24). The van der Waals surface area contributed by atoms with Gasteiger partial charge in [0.25, 0.3) is 5.91 Å². The number of rotatable bonds is 3. The molecule has 0 radical (unpaired) electrons. The van der Waals surface area contributed by atoms with Crippen LogP contribution < -0.4 is 10.8 Å². The van der Waals surface area contributed by atoms with E-state index in [4.69, 9.17) is 9.31 Å². The molecule has 2 aliphatic rings. The number of nitrogens with zero attached hydrogens (tertiary/aromatic N) is 1. The first-order valence-corrected chi connectivity index (χ1v) is 9.23. The maximum Gasteiger partial charge on any atom is 0.497 e. The zero-order chi connectivity index (χ0) is 19.1. The minimum Gasteiger partial charge on any atom is -0.399 e. The largest absolute Gasteiger partial charge is 0.497 e. The summed E-state index contributed by atoms with van der Waals surface area (Å²) in [5, 5.41) is 3.06. The number of carbonyl (C=O) groups excluding carboxylic acids is 1. The second-order valence-electron chi connectivity index (χ2n) is 8.38. The van der Waals surface area contributed by atoms with E-state index in [9.17, 15) is 9.18 Å². The molecule has 0 atom stereocenters. The lowest BCUT2D eigenvalue weighted by Gasteiger charge is -2.32. The second kappa shape index (κ2) is 6.95. The summed E-state index contributed by atoms with van der Waals surface area (Å²) in [6, 6.07) is 4.52. The van der Waals surface area contributed by atoms with Crippen molar-refractivity contribution < 1.29 is 18.5 Å². The number of hydrogen-bond acceptors (Lipinski definition) is 4. The van der Waals surface area contributed by atoms with Crippen molar-refractivity contribution in [3.05, 3.63) is 29.6 Å². The zero-order valence-corrected chi connectivity index (χ0v) is 16.3. The Morgan fingerprint density at radius 1 is 1.19 bits per heavy atom. The molecule has 26 heavy (non-hydrogen) atoms. The summed E-state index contributed by atoms with van der Waals surface area (Å²) in [4.78, 5) is 14.8. The molecular weight excluding hydrogens is 334 g/mol. The Kier molecular flexibility index (Phi) is 5.16. The van der Waals surface area contributed by atoms with Crippen LogP contribution in [0.4, 0.5) is 4.39 Å². The van der Waals surface area contributed by atoms with Gasteiger partial charge in [0, 0.05) is 17.1 Å². The van der Waals surface area contributed by atoms with Gasteiger partial charge in [-0.2, -0.15) is 0 Å². The van der Waals surface area contributed by atoms with E-state index in [0.29, 0.717) is 5.56 Å². The van der Waals surface area contributed by atoms with Gasteiger partial charge < -0.3 is 19.5 Å². The summed E-state index contributed by atoms with van der Waals surface area (Å²) < 4.78 is 26.2. The van der Waals surface area contributed by atoms with Crippen LogP contribution >= 0.6 is 0 Å². The number of likely N-dealkylation sites (tertiary alicyclic amines) is 1. The third-order valence-electron chi connectivity index (χ3n) is 5.82. The summed E-state index contributed by atoms with van der Waals surface area (Å²) in [6.07, 6.45) is 1.85. The first kappa shape index (κ1) is 19.3. The van der Waals surface area contributed by atoms with E-state index < -0.39 is 24.1 Å². The van der Waals surface area contributed by atoms with Crippen LogP contribution in [0.25, 0.3) is 0 Å². The molecular formula is C19H28BFN2O3. The van der Waals surface area contributed by atoms with Crippen molar-refractivity contribution in [2.24, 2.45) is 0 Å². The number of halogens is 1. The predicted molar refractivity (Wildman–Crippen MR) is 100 cm³/mol. The quantitative estimate of drug-likeness (QED) is 0.836. The molecule has 2 fully saturated rings. The number of hydrogen-bond donors (Lipinski definition) is 1. The van der Waals surface area contributed by atoms with Crippen molar-refractivity contribution >= 4 is 18.5 Å². The van der Waals surface area contributed by atoms with Gasteiger partial charge in [0.2, 0.25) is 0 Å². The van der Waals surface area contributed by atoms with Gasteiger partial charge in [-0.3, -0.25) is 4.79 Å². The number of amides is 1. The molecule has 0 saturated carbocycles. The molecule has 0 aliphatic carbocycles. The van der Waals surface area contributed by atoms with Crippen LogP contribution in [0.5, 0.6) is 0 Å². The highest BCUT2D eigenvalue weighted by Gasteiger charge is 2.52. The minimum atomic E-state index is -0.823. The number of carbonyl (C=O) groups is 1. The van der Waals surface area contributed by atoms with E-state index in [0.717, 1.165) is 25.9 Å². The Balaban J connectivity index is 1.75. The van der Waals surface area contributed by atoms with Crippen molar-refractivity contribution in [3.63, 3.8) is 0 Å². The fraction of sp³-hybridized carbons (Fsp3) is 0.632. The lowest BCUT2D eigenvalue weighted by Crippen LogP contribution is -2.44. The number of piperidine rings is 1. The van der Waals surface area contributed by atoms with Crippen molar-refractivity contribution in [1.29, 1.82) is 0 Å². The molecule has 142 valence electrons. The lowest BCUT2D eigenvalue weighted by atomic mass is 9.78. The fourth-order valence-electron chi connectivity index (χ4n) is 3.26. The highest BCUT2D eigenvalue weighted by atomic mass is 19.1. The molecule has 7 heteroatoms. The van der Waals surface area contributed by atoms with E-state index in [-0.39, 0.29) is 17.4 Å². The van der Waals surface area contributed by atoms with Crippen molar-refractivity contribution in [1.82, 2.24) is 10.2 Å². The van der Waals surface area contributed by atoms with Gasteiger partial charge >= 0.3 is 7.12 Å².